The van der Waals surface area contributed by atoms with Crippen LogP contribution in [-0.4, -0.2) is 31.3 Å². The molecule has 0 unspecified atom stereocenters. The number of methoxy groups -OCH3 is 1. The third-order valence-corrected chi connectivity index (χ3v) is 5.23. The lowest BCUT2D eigenvalue weighted by Crippen LogP contribution is -2.21. The smallest absolute Gasteiger partial charge is 0.316 e. The molecular formula is C21H18ClNO4S. The molecule has 0 atom stereocenters. The lowest BCUT2D eigenvalue weighted by molar-refractivity contribution is -0.144. The summed E-state index contributed by atoms with van der Waals surface area (Å²) >= 11 is 7.61. The number of fused-ring (bicyclic) bond motifs is 1. The van der Waals surface area contributed by atoms with Crippen molar-refractivity contribution < 1.29 is 19.1 Å². The molecule has 0 aliphatic carbocycles. The summed E-state index contributed by atoms with van der Waals surface area (Å²) in [6.07, 6.45) is 0. The van der Waals surface area contributed by atoms with Crippen molar-refractivity contribution in [3.63, 3.8) is 0 Å². The number of carbonyl (C=O) groups excluding carboxylic acids is 2. The maximum absolute atomic E-state index is 12.0. The highest BCUT2D eigenvalue weighted by Gasteiger charge is 2.11. The van der Waals surface area contributed by atoms with E-state index in [1.165, 1.54) is 11.8 Å². The van der Waals surface area contributed by atoms with Gasteiger partial charge in [0.1, 0.15) is 5.75 Å². The van der Waals surface area contributed by atoms with E-state index in [1.807, 2.05) is 36.4 Å². The van der Waals surface area contributed by atoms with Crippen molar-refractivity contribution in [2.24, 2.45) is 0 Å². The van der Waals surface area contributed by atoms with Crippen molar-refractivity contribution in [1.82, 2.24) is 0 Å². The van der Waals surface area contributed by atoms with Crippen LogP contribution in [0.5, 0.6) is 5.75 Å². The third-order valence-electron chi connectivity index (χ3n) is 3.88. The fourth-order valence-electron chi connectivity index (χ4n) is 2.60. The van der Waals surface area contributed by atoms with Crippen LogP contribution in [0.25, 0.3) is 10.8 Å². The van der Waals surface area contributed by atoms with Crippen molar-refractivity contribution in [3.8, 4) is 5.75 Å². The van der Waals surface area contributed by atoms with Gasteiger partial charge >= 0.3 is 5.97 Å². The SMILES string of the molecule is COc1cccc(NC(=O)COC(=O)CSc2cccc3cccc(Cl)c23)c1. The van der Waals surface area contributed by atoms with Gasteiger partial charge in [0, 0.05) is 27.1 Å². The number of ether oxygens (including phenoxy) is 2. The molecular weight excluding hydrogens is 398 g/mol. The third kappa shape index (κ3) is 5.18. The molecule has 1 amide bonds. The molecule has 144 valence electrons. The number of amides is 1. The van der Waals surface area contributed by atoms with Crippen LogP contribution in [0.15, 0.2) is 65.6 Å². The summed E-state index contributed by atoms with van der Waals surface area (Å²) in [5.41, 5.74) is 0.570. The van der Waals surface area contributed by atoms with Crippen LogP contribution in [0.2, 0.25) is 5.02 Å². The van der Waals surface area contributed by atoms with Crippen molar-refractivity contribution >= 4 is 51.7 Å². The molecule has 3 rings (SSSR count). The topological polar surface area (TPSA) is 64.6 Å². The van der Waals surface area contributed by atoms with Crippen LogP contribution in [0, 0.1) is 0 Å². The highest BCUT2D eigenvalue weighted by atomic mass is 35.5. The Morgan fingerprint density at radius 3 is 2.61 bits per heavy atom. The van der Waals surface area contributed by atoms with Gasteiger partial charge < -0.3 is 14.8 Å². The summed E-state index contributed by atoms with van der Waals surface area (Å²) in [5, 5.41) is 5.19. The first-order valence-corrected chi connectivity index (χ1v) is 9.83. The fraction of sp³-hybridized carbons (Fsp3) is 0.143. The average Bonchev–Trinajstić information content (AvgIpc) is 2.71. The number of esters is 1. The minimum atomic E-state index is -0.477. The van der Waals surface area contributed by atoms with E-state index in [0.29, 0.717) is 16.5 Å². The van der Waals surface area contributed by atoms with Crippen LogP contribution >= 0.6 is 23.4 Å². The fourth-order valence-corrected chi connectivity index (χ4v) is 3.85. The van der Waals surface area contributed by atoms with Crippen LogP contribution in [0.4, 0.5) is 5.69 Å². The van der Waals surface area contributed by atoms with Crippen molar-refractivity contribution in [3.05, 3.63) is 65.7 Å². The molecule has 0 aliphatic rings. The predicted molar refractivity (Wildman–Crippen MR) is 112 cm³/mol. The minimum absolute atomic E-state index is 0.0801. The first-order valence-electron chi connectivity index (χ1n) is 8.46. The summed E-state index contributed by atoms with van der Waals surface area (Å²) in [5.74, 6) is -0.189. The van der Waals surface area contributed by atoms with Gasteiger partial charge in [0.15, 0.2) is 6.61 Å². The van der Waals surface area contributed by atoms with Crippen molar-refractivity contribution in [1.29, 1.82) is 0 Å². The van der Waals surface area contributed by atoms with E-state index < -0.39 is 11.9 Å². The average molecular weight is 416 g/mol. The zero-order chi connectivity index (χ0) is 19.9. The molecule has 28 heavy (non-hydrogen) atoms. The summed E-state index contributed by atoms with van der Waals surface area (Å²) in [6, 6.07) is 18.4. The van der Waals surface area contributed by atoms with Gasteiger partial charge in [-0.3, -0.25) is 9.59 Å². The number of halogens is 1. The molecule has 0 bridgehead atoms. The number of rotatable bonds is 7. The van der Waals surface area contributed by atoms with Gasteiger partial charge in [-0.25, -0.2) is 0 Å². The first kappa shape index (κ1) is 20.0. The molecule has 1 N–H and O–H groups in total. The number of anilines is 1. The Kier molecular flexibility index (Phi) is 6.79. The second kappa shape index (κ2) is 9.48. The summed E-state index contributed by atoms with van der Waals surface area (Å²) < 4.78 is 10.2. The highest BCUT2D eigenvalue weighted by molar-refractivity contribution is 8.00. The van der Waals surface area contributed by atoms with E-state index in [1.54, 1.807) is 31.4 Å². The number of nitrogens with one attached hydrogen (secondary N) is 1. The molecule has 0 heterocycles. The van der Waals surface area contributed by atoms with Gasteiger partial charge in [0.2, 0.25) is 0 Å². The Balaban J connectivity index is 1.52. The Labute approximate surface area is 172 Å². The summed E-state index contributed by atoms with van der Waals surface area (Å²) in [7, 11) is 1.55. The second-order valence-corrected chi connectivity index (χ2v) is 7.25. The van der Waals surface area contributed by atoms with Gasteiger partial charge in [0.25, 0.3) is 5.91 Å². The predicted octanol–water partition coefficient (Wildman–Crippen LogP) is 4.78. The number of hydrogen-bond acceptors (Lipinski definition) is 5. The van der Waals surface area contributed by atoms with Crippen LogP contribution in [0.3, 0.4) is 0 Å². The molecule has 5 nitrogen and oxygen atoms in total. The Morgan fingerprint density at radius 2 is 1.82 bits per heavy atom. The van der Waals surface area contributed by atoms with Crippen molar-refractivity contribution in [2.75, 3.05) is 24.8 Å². The van der Waals surface area contributed by atoms with Crippen LogP contribution in [-0.2, 0) is 14.3 Å². The van der Waals surface area contributed by atoms with Crippen LogP contribution in [0.1, 0.15) is 0 Å². The zero-order valence-electron chi connectivity index (χ0n) is 15.1. The van der Waals surface area contributed by atoms with Crippen LogP contribution < -0.4 is 10.1 Å². The maximum atomic E-state index is 12.0. The van der Waals surface area contributed by atoms with Gasteiger partial charge in [-0.15, -0.1) is 11.8 Å². The van der Waals surface area contributed by atoms with Gasteiger partial charge in [0.05, 0.1) is 12.9 Å². The minimum Gasteiger partial charge on any atom is -0.497 e. The largest absolute Gasteiger partial charge is 0.497 e. The van der Waals surface area contributed by atoms with Crippen molar-refractivity contribution in [2.45, 2.75) is 4.90 Å². The molecule has 3 aromatic rings. The van der Waals surface area contributed by atoms with E-state index in [2.05, 4.69) is 5.32 Å². The molecule has 0 spiro atoms. The van der Waals surface area contributed by atoms with Gasteiger partial charge in [-0.05, 0) is 29.7 Å². The highest BCUT2D eigenvalue weighted by Crippen LogP contribution is 2.33. The molecule has 0 radical (unpaired) electrons. The lowest BCUT2D eigenvalue weighted by atomic mass is 10.1. The summed E-state index contributed by atoms with van der Waals surface area (Å²) in [4.78, 5) is 24.9. The van der Waals surface area contributed by atoms with E-state index in [9.17, 15) is 9.59 Å². The standard InChI is InChI=1S/C21H18ClNO4S/c1-26-16-8-4-7-15(11-16)23-19(24)12-27-20(25)13-28-18-10-3-6-14-5-2-9-17(22)21(14)18/h2-11H,12-13H2,1H3,(H,23,24). The first-order chi connectivity index (χ1) is 13.6. The Hall–Kier alpha value is -2.70. The second-order valence-electron chi connectivity index (χ2n) is 5.82. The number of benzene rings is 3. The lowest BCUT2D eigenvalue weighted by Gasteiger charge is -2.09. The Morgan fingerprint density at radius 1 is 1.07 bits per heavy atom. The molecule has 0 saturated heterocycles. The summed E-state index contributed by atoms with van der Waals surface area (Å²) in [6.45, 7) is -0.354. The van der Waals surface area contributed by atoms with E-state index in [-0.39, 0.29) is 12.4 Å². The van der Waals surface area contributed by atoms with E-state index >= 15 is 0 Å². The number of hydrogen-bond donors (Lipinski definition) is 1. The monoisotopic (exact) mass is 415 g/mol. The van der Waals surface area contributed by atoms with E-state index in [0.717, 1.165) is 15.7 Å². The number of thioether (sulfide) groups is 1. The number of carbonyl (C=O) groups is 2. The molecule has 0 aliphatic heterocycles. The maximum Gasteiger partial charge on any atom is 0.316 e. The molecule has 0 saturated carbocycles. The molecule has 0 aromatic heterocycles. The van der Waals surface area contributed by atoms with Gasteiger partial charge in [-0.1, -0.05) is 41.9 Å². The molecule has 0 fully saturated rings. The molecule has 7 heteroatoms. The molecule has 3 aromatic carbocycles. The van der Waals surface area contributed by atoms with E-state index in [4.69, 9.17) is 21.1 Å². The van der Waals surface area contributed by atoms with Gasteiger partial charge in [-0.2, -0.15) is 0 Å². The Bertz CT molecular complexity index is 1000. The normalized spacial score (nSPS) is 10.5. The zero-order valence-corrected chi connectivity index (χ0v) is 16.7. The quantitative estimate of drug-likeness (QED) is 0.444.